The van der Waals surface area contributed by atoms with Gasteiger partial charge in [0.05, 0.1) is 25.1 Å². The number of rotatable bonds is 10. The average Bonchev–Trinajstić information content (AvgIpc) is 3.33. The zero-order valence-corrected chi connectivity index (χ0v) is 20.8. The van der Waals surface area contributed by atoms with Gasteiger partial charge in [-0.25, -0.2) is 4.98 Å². The van der Waals surface area contributed by atoms with Crippen molar-refractivity contribution in [1.82, 2.24) is 19.5 Å². The van der Waals surface area contributed by atoms with Gasteiger partial charge in [-0.1, -0.05) is 20.8 Å². The summed E-state index contributed by atoms with van der Waals surface area (Å²) in [5.74, 6) is 0.0821. The Morgan fingerprint density at radius 3 is 2.41 bits per heavy atom. The van der Waals surface area contributed by atoms with Gasteiger partial charge in [0.1, 0.15) is 12.2 Å². The number of aliphatic hydroxyl groups is 3. The number of ether oxygens (including phenoxy) is 2. The van der Waals surface area contributed by atoms with Gasteiger partial charge in [-0.15, -0.1) is 0 Å². The van der Waals surface area contributed by atoms with E-state index in [0.717, 1.165) is 0 Å². The highest BCUT2D eigenvalue weighted by molar-refractivity contribution is 7.54. The fourth-order valence-corrected chi connectivity index (χ4v) is 5.45. The van der Waals surface area contributed by atoms with Gasteiger partial charge in [0.25, 0.3) is 0 Å². The van der Waals surface area contributed by atoms with Crippen LogP contribution < -0.4 is 10.5 Å². The minimum Gasteiger partial charge on any atom is -0.479 e. The molecule has 34 heavy (non-hydrogen) atoms. The number of anilines is 1. The molecule has 0 radical (unpaired) electrons. The Kier molecular flexibility index (Phi) is 7.59. The highest BCUT2D eigenvalue weighted by Gasteiger charge is 2.51. The second kappa shape index (κ2) is 9.65. The van der Waals surface area contributed by atoms with Crippen LogP contribution in [-0.4, -0.2) is 76.1 Å². The molecule has 6 atom stereocenters. The summed E-state index contributed by atoms with van der Waals surface area (Å²) >= 11 is 0. The fourth-order valence-electron chi connectivity index (χ4n) is 4.00. The second-order valence-corrected chi connectivity index (χ2v) is 10.9. The molecule has 14 heteroatoms. The summed E-state index contributed by atoms with van der Waals surface area (Å²) in [7, 11) is -3.05. The van der Waals surface area contributed by atoms with Crippen LogP contribution in [0, 0.1) is 0 Å². The minimum absolute atomic E-state index is 0.00779. The molecule has 0 saturated carbocycles. The van der Waals surface area contributed by atoms with Crippen LogP contribution >= 0.6 is 7.60 Å². The fraction of sp³-hybridized carbons (Fsp3) is 0.750. The quantitative estimate of drug-likeness (QED) is 0.292. The number of hydrogen-bond acceptors (Lipinski definition) is 11. The molecule has 2 aromatic heterocycles. The van der Waals surface area contributed by atoms with Crippen LogP contribution in [0.1, 0.15) is 59.6 Å². The van der Waals surface area contributed by atoms with Crippen molar-refractivity contribution in [3.63, 3.8) is 0 Å². The van der Waals surface area contributed by atoms with Crippen molar-refractivity contribution in [2.45, 2.75) is 88.9 Å². The SMILES string of the molecule is CCC(CC)(CC1O[C@@H](n2cnc3c(OC)nc(N)nc32)[C@H](O)[C@@H]1O)OP(=O)(O)C(C)(O)CC. The van der Waals surface area contributed by atoms with Gasteiger partial charge in [-0.2, -0.15) is 9.97 Å². The van der Waals surface area contributed by atoms with Gasteiger partial charge < -0.3 is 35.4 Å². The van der Waals surface area contributed by atoms with E-state index in [1.807, 2.05) is 0 Å². The molecule has 0 amide bonds. The first-order valence-electron chi connectivity index (χ1n) is 11.2. The van der Waals surface area contributed by atoms with E-state index in [4.69, 9.17) is 19.7 Å². The molecule has 6 N–H and O–H groups in total. The second-order valence-electron chi connectivity index (χ2n) is 8.74. The first-order chi connectivity index (χ1) is 15.8. The number of nitrogen functional groups attached to an aromatic ring is 1. The summed E-state index contributed by atoms with van der Waals surface area (Å²) in [5.41, 5.74) is 5.10. The molecule has 3 heterocycles. The Hall–Kier alpha value is -1.86. The largest absolute Gasteiger partial charge is 0.479 e. The normalized spacial score (nSPS) is 27.0. The number of aliphatic hydroxyl groups excluding tert-OH is 2. The molecule has 0 aliphatic carbocycles. The number of aromatic nitrogens is 4. The molecule has 13 nitrogen and oxygen atoms in total. The molecule has 192 valence electrons. The van der Waals surface area contributed by atoms with E-state index in [1.54, 1.807) is 20.8 Å². The first-order valence-corrected chi connectivity index (χ1v) is 12.7. The lowest BCUT2D eigenvalue weighted by atomic mass is 9.88. The summed E-state index contributed by atoms with van der Waals surface area (Å²) in [6.45, 7) is 6.37. The molecule has 1 aliphatic heterocycles. The number of methoxy groups -OCH3 is 1. The summed E-state index contributed by atoms with van der Waals surface area (Å²) < 4.78 is 31.2. The van der Waals surface area contributed by atoms with Crippen LogP contribution in [-0.2, 0) is 13.8 Å². The molecule has 1 fully saturated rings. The van der Waals surface area contributed by atoms with Gasteiger partial charge in [-0.3, -0.25) is 13.7 Å². The highest BCUT2D eigenvalue weighted by Crippen LogP contribution is 2.59. The topological polar surface area (TPSA) is 195 Å². The van der Waals surface area contributed by atoms with Crippen molar-refractivity contribution < 1.29 is 38.8 Å². The number of nitrogens with zero attached hydrogens (tertiary/aromatic N) is 4. The minimum atomic E-state index is -4.46. The van der Waals surface area contributed by atoms with E-state index in [0.29, 0.717) is 18.4 Å². The van der Waals surface area contributed by atoms with Gasteiger partial charge in [0, 0.05) is 6.42 Å². The van der Waals surface area contributed by atoms with E-state index < -0.39 is 43.1 Å². The van der Waals surface area contributed by atoms with Crippen LogP contribution in [0.5, 0.6) is 5.88 Å². The summed E-state index contributed by atoms with van der Waals surface area (Å²) in [4.78, 5) is 22.8. The van der Waals surface area contributed by atoms with E-state index in [1.165, 1.54) is 24.9 Å². The Bertz CT molecular complexity index is 1060. The third-order valence-electron chi connectivity index (χ3n) is 6.67. The number of fused-ring (bicyclic) bond motifs is 1. The maximum absolute atomic E-state index is 12.9. The molecular weight excluding hydrogens is 469 g/mol. The number of imidazole rings is 1. The predicted octanol–water partition coefficient (Wildman–Crippen LogP) is 1.31. The Balaban J connectivity index is 1.90. The number of nitrogens with two attached hydrogens (primary N) is 1. The molecule has 3 unspecified atom stereocenters. The van der Waals surface area contributed by atoms with E-state index in [2.05, 4.69) is 15.0 Å². The lowest BCUT2D eigenvalue weighted by Crippen LogP contribution is -2.41. The predicted molar refractivity (Wildman–Crippen MR) is 122 cm³/mol. The molecule has 0 bridgehead atoms. The molecule has 1 saturated heterocycles. The average molecular weight is 503 g/mol. The molecular formula is C20H34N5O8P. The van der Waals surface area contributed by atoms with Crippen molar-refractivity contribution in [2.24, 2.45) is 0 Å². The van der Waals surface area contributed by atoms with Gasteiger partial charge in [0.15, 0.2) is 22.7 Å². The first kappa shape index (κ1) is 26.7. The zero-order valence-electron chi connectivity index (χ0n) is 20.0. The van der Waals surface area contributed by atoms with Crippen LogP contribution in [0.25, 0.3) is 11.2 Å². The lowest BCUT2D eigenvalue weighted by Gasteiger charge is -2.39. The van der Waals surface area contributed by atoms with Crippen molar-refractivity contribution in [3.05, 3.63) is 6.33 Å². The van der Waals surface area contributed by atoms with Gasteiger partial charge in [-0.05, 0) is 26.2 Å². The maximum atomic E-state index is 12.9. The Morgan fingerprint density at radius 2 is 1.85 bits per heavy atom. The molecule has 2 aromatic rings. The lowest BCUT2D eigenvalue weighted by molar-refractivity contribution is -0.0753. The van der Waals surface area contributed by atoms with Crippen LogP contribution in [0.4, 0.5) is 5.95 Å². The summed E-state index contributed by atoms with van der Waals surface area (Å²) in [6.07, 6.45) is -2.76. The van der Waals surface area contributed by atoms with Crippen molar-refractivity contribution in [2.75, 3.05) is 12.8 Å². The third kappa shape index (κ3) is 4.66. The zero-order chi connectivity index (χ0) is 25.5. The maximum Gasteiger partial charge on any atom is 0.359 e. The monoisotopic (exact) mass is 503 g/mol. The van der Waals surface area contributed by atoms with Crippen LogP contribution in [0.3, 0.4) is 0 Å². The van der Waals surface area contributed by atoms with E-state index in [9.17, 15) is 24.8 Å². The molecule has 3 rings (SSSR count). The Morgan fingerprint density at radius 1 is 1.21 bits per heavy atom. The van der Waals surface area contributed by atoms with Crippen LogP contribution in [0.2, 0.25) is 0 Å². The summed E-state index contributed by atoms with van der Waals surface area (Å²) in [5, 5.41) is 30.0. The smallest absolute Gasteiger partial charge is 0.359 e. The highest BCUT2D eigenvalue weighted by atomic mass is 31.2. The van der Waals surface area contributed by atoms with Gasteiger partial charge in [0.2, 0.25) is 11.8 Å². The molecule has 0 spiro atoms. The van der Waals surface area contributed by atoms with Gasteiger partial charge >= 0.3 is 7.60 Å². The van der Waals surface area contributed by atoms with E-state index >= 15 is 0 Å². The van der Waals surface area contributed by atoms with Crippen molar-refractivity contribution in [3.8, 4) is 5.88 Å². The van der Waals surface area contributed by atoms with E-state index in [-0.39, 0.29) is 30.3 Å². The third-order valence-corrected chi connectivity index (χ3v) is 8.84. The standard InChI is InChI=1S/C20H34N5O8P/c1-6-19(4,28)34(29,30)33-20(7-2,8-3)9-11-13(26)14(27)17(32-11)25-10-22-12-15(25)23-18(21)24-16(12)31-5/h10-11,13-14,17,26-28H,6-9H2,1-5H3,(H,29,30)(H2,21,23,24)/t11?,13-,14-,17-,19?/m1/s1. The van der Waals surface area contributed by atoms with Crippen LogP contribution in [0.15, 0.2) is 6.33 Å². The van der Waals surface area contributed by atoms with Crippen molar-refractivity contribution >= 4 is 24.7 Å². The number of hydrogen-bond donors (Lipinski definition) is 5. The Labute approximate surface area is 197 Å². The summed E-state index contributed by atoms with van der Waals surface area (Å²) in [6, 6.07) is 0. The molecule has 0 aromatic carbocycles. The molecule has 1 aliphatic rings. The van der Waals surface area contributed by atoms with Crippen molar-refractivity contribution in [1.29, 1.82) is 0 Å².